The smallest absolute Gasteiger partial charge is 0.463 e. The van der Waals surface area contributed by atoms with E-state index >= 15 is 0 Å². The summed E-state index contributed by atoms with van der Waals surface area (Å²) in [5.41, 5.74) is 0. The van der Waals surface area contributed by atoms with Crippen molar-refractivity contribution in [2.75, 3.05) is 39.6 Å². The van der Waals surface area contributed by atoms with Gasteiger partial charge in [0.2, 0.25) is 0 Å². The number of phosphoric acid groups is 2. The largest absolute Gasteiger partial charge is 0.472 e. The van der Waals surface area contributed by atoms with E-state index in [-0.39, 0.29) is 12.8 Å². The third kappa shape index (κ3) is 46.8. The summed E-state index contributed by atoms with van der Waals surface area (Å²) in [4.78, 5) is 43.7. The SMILES string of the molecule is CC/C=C/C=C/C=C\C=C/CCCCCC(=O)OCC(O)COP(=O)(O)OCC(O)COP(=O)(O)OCC(O)COC(=O)CCCCCCCCCCCCC/C=C/CCCCCCCC. The number of hydrogen-bond acceptors (Lipinski definition) is 13. The summed E-state index contributed by atoms with van der Waals surface area (Å²) in [5.74, 6) is -1.03. The molecule has 5 unspecified atom stereocenters. The van der Waals surface area contributed by atoms with Gasteiger partial charge in [-0.2, -0.15) is 0 Å². The maximum Gasteiger partial charge on any atom is 0.472 e. The Balaban J connectivity index is 3.87. The average Bonchev–Trinajstić information content (AvgIpc) is 3.29. The standard InChI is InChI=1S/C49H88O15P2/c1-3-5-7-9-11-13-15-17-18-19-20-21-22-23-24-26-28-30-32-34-36-38-49(54)60-40-46(51)42-62-66(57,58)64-44-47(52)43-63-65(55,56)61-41-45(50)39-59-48(53)37-35-33-31-29-27-25-16-14-12-10-8-6-4-2/h6,8,10,12,14,16-18,25,27,45-47,50-52H,3-5,7,9,11,13,15,19-24,26,28-44H2,1-2H3,(H,55,56)(H,57,58)/b8-6+,12-10+,16-14-,18-17+,27-25-. The van der Waals surface area contributed by atoms with E-state index in [2.05, 4.69) is 50.2 Å². The van der Waals surface area contributed by atoms with Crippen molar-refractivity contribution in [2.24, 2.45) is 0 Å². The summed E-state index contributed by atoms with van der Waals surface area (Å²) in [6.07, 6.45) is 43.6. The molecule has 5 N–H and O–H groups in total. The van der Waals surface area contributed by atoms with Crippen molar-refractivity contribution in [3.05, 3.63) is 60.8 Å². The minimum atomic E-state index is -4.79. The molecule has 0 heterocycles. The van der Waals surface area contributed by atoms with Crippen LogP contribution in [0, 0.1) is 0 Å². The van der Waals surface area contributed by atoms with Crippen LogP contribution in [0.5, 0.6) is 0 Å². The van der Waals surface area contributed by atoms with Crippen LogP contribution in [0.2, 0.25) is 0 Å². The number of hydrogen-bond donors (Lipinski definition) is 5. The van der Waals surface area contributed by atoms with Crippen LogP contribution >= 0.6 is 15.6 Å². The van der Waals surface area contributed by atoms with Crippen molar-refractivity contribution in [2.45, 2.75) is 199 Å². The molecule has 0 spiro atoms. The summed E-state index contributed by atoms with van der Waals surface area (Å²) in [6, 6.07) is 0. The zero-order valence-electron chi connectivity index (χ0n) is 40.3. The van der Waals surface area contributed by atoms with E-state index in [0.717, 1.165) is 44.9 Å². The van der Waals surface area contributed by atoms with Gasteiger partial charge >= 0.3 is 27.6 Å². The van der Waals surface area contributed by atoms with Gasteiger partial charge in [0.15, 0.2) is 0 Å². The molecular formula is C49H88O15P2. The first-order valence-electron chi connectivity index (χ1n) is 24.7. The molecule has 0 saturated carbocycles. The molecule has 0 fully saturated rings. The van der Waals surface area contributed by atoms with E-state index in [4.69, 9.17) is 9.47 Å². The molecule has 0 aromatic carbocycles. The van der Waals surface area contributed by atoms with Crippen LogP contribution < -0.4 is 0 Å². The molecule has 0 aromatic heterocycles. The Bertz CT molecular complexity index is 1420. The number of carbonyl (C=O) groups excluding carboxylic acids is 2. The zero-order chi connectivity index (χ0) is 48.8. The molecule has 384 valence electrons. The second kappa shape index (κ2) is 45.2. The van der Waals surface area contributed by atoms with Crippen molar-refractivity contribution in [1.82, 2.24) is 0 Å². The lowest BCUT2D eigenvalue weighted by molar-refractivity contribution is -0.148. The van der Waals surface area contributed by atoms with Crippen molar-refractivity contribution in [1.29, 1.82) is 0 Å². The monoisotopic (exact) mass is 979 g/mol. The van der Waals surface area contributed by atoms with Crippen LogP contribution in [0.4, 0.5) is 0 Å². The summed E-state index contributed by atoms with van der Waals surface area (Å²) in [5, 5.41) is 30.0. The van der Waals surface area contributed by atoms with Crippen molar-refractivity contribution >= 4 is 27.6 Å². The highest BCUT2D eigenvalue weighted by molar-refractivity contribution is 7.47. The van der Waals surface area contributed by atoms with Crippen LogP contribution in [0.3, 0.4) is 0 Å². The molecule has 5 atom stereocenters. The quantitative estimate of drug-likeness (QED) is 0.0126. The Morgan fingerprint density at radius 3 is 1.11 bits per heavy atom. The van der Waals surface area contributed by atoms with Crippen LogP contribution in [0.1, 0.15) is 181 Å². The van der Waals surface area contributed by atoms with Gasteiger partial charge in [-0.15, -0.1) is 0 Å². The number of aliphatic hydroxyl groups excluding tert-OH is 3. The van der Waals surface area contributed by atoms with Gasteiger partial charge in [-0.1, -0.05) is 171 Å². The summed E-state index contributed by atoms with van der Waals surface area (Å²) < 4.78 is 53.0. The van der Waals surface area contributed by atoms with Crippen molar-refractivity contribution in [3.63, 3.8) is 0 Å². The summed E-state index contributed by atoms with van der Waals surface area (Å²) in [7, 11) is -9.59. The van der Waals surface area contributed by atoms with E-state index in [0.29, 0.717) is 12.8 Å². The Kier molecular flexibility index (Phi) is 43.7. The van der Waals surface area contributed by atoms with Crippen molar-refractivity contribution in [3.8, 4) is 0 Å². The Hall–Kier alpha value is -2.26. The lowest BCUT2D eigenvalue weighted by Gasteiger charge is -2.19. The fraction of sp³-hybridized carbons (Fsp3) is 0.755. The minimum Gasteiger partial charge on any atom is -0.463 e. The van der Waals surface area contributed by atoms with Gasteiger partial charge in [-0.25, -0.2) is 9.13 Å². The van der Waals surface area contributed by atoms with Crippen LogP contribution in [-0.2, 0) is 46.3 Å². The van der Waals surface area contributed by atoms with Crippen molar-refractivity contribution < 1.29 is 71.4 Å². The van der Waals surface area contributed by atoms with Gasteiger partial charge in [0.05, 0.1) is 26.4 Å². The zero-order valence-corrected chi connectivity index (χ0v) is 42.1. The maximum atomic E-state index is 12.2. The lowest BCUT2D eigenvalue weighted by Crippen LogP contribution is -2.25. The first kappa shape index (κ1) is 63.7. The molecule has 0 aliphatic heterocycles. The molecular weight excluding hydrogens is 890 g/mol. The molecule has 0 saturated heterocycles. The fourth-order valence-electron chi connectivity index (χ4n) is 6.22. The fourth-order valence-corrected chi connectivity index (χ4v) is 7.81. The first-order chi connectivity index (χ1) is 31.8. The molecule has 0 radical (unpaired) electrons. The normalized spacial score (nSPS) is 15.6. The Morgan fingerprint density at radius 1 is 0.409 bits per heavy atom. The number of allylic oxidation sites excluding steroid dienone is 10. The average molecular weight is 979 g/mol. The number of ether oxygens (including phenoxy) is 2. The topological polar surface area (TPSA) is 225 Å². The summed E-state index contributed by atoms with van der Waals surface area (Å²) in [6.45, 7) is 0.225. The second-order valence-electron chi connectivity index (χ2n) is 16.5. The van der Waals surface area contributed by atoms with Gasteiger partial charge in [0, 0.05) is 12.8 Å². The minimum absolute atomic E-state index is 0.148. The number of carbonyl (C=O) groups is 2. The van der Waals surface area contributed by atoms with Gasteiger partial charge in [0.1, 0.15) is 31.5 Å². The van der Waals surface area contributed by atoms with Gasteiger partial charge in [0.25, 0.3) is 0 Å². The molecule has 0 rings (SSSR count). The maximum absolute atomic E-state index is 12.2. The molecule has 0 bridgehead atoms. The number of phosphoric ester groups is 2. The van der Waals surface area contributed by atoms with E-state index in [1.807, 2.05) is 42.5 Å². The molecule has 0 amide bonds. The highest BCUT2D eigenvalue weighted by Gasteiger charge is 2.28. The third-order valence-corrected chi connectivity index (χ3v) is 12.0. The number of aliphatic hydroxyl groups is 3. The molecule has 66 heavy (non-hydrogen) atoms. The second-order valence-corrected chi connectivity index (χ2v) is 19.4. The Morgan fingerprint density at radius 2 is 0.712 bits per heavy atom. The molecule has 0 aliphatic carbocycles. The van der Waals surface area contributed by atoms with Crippen LogP contribution in [0.15, 0.2) is 60.8 Å². The lowest BCUT2D eigenvalue weighted by atomic mass is 10.0. The first-order valence-corrected chi connectivity index (χ1v) is 27.7. The van der Waals surface area contributed by atoms with Crippen LogP contribution in [-0.4, -0.2) is 95.0 Å². The number of unbranched alkanes of at least 4 members (excludes halogenated alkanes) is 20. The van der Waals surface area contributed by atoms with E-state index in [1.165, 1.54) is 96.3 Å². The predicted octanol–water partition coefficient (Wildman–Crippen LogP) is 11.4. The van der Waals surface area contributed by atoms with E-state index < -0.39 is 85.5 Å². The van der Waals surface area contributed by atoms with Gasteiger partial charge in [-0.3, -0.25) is 27.7 Å². The highest BCUT2D eigenvalue weighted by Crippen LogP contribution is 2.45. The summed E-state index contributed by atoms with van der Waals surface area (Å²) >= 11 is 0. The molecule has 17 heteroatoms. The predicted molar refractivity (Wildman–Crippen MR) is 260 cm³/mol. The van der Waals surface area contributed by atoms with E-state index in [1.54, 1.807) is 0 Å². The molecule has 0 aliphatic rings. The van der Waals surface area contributed by atoms with Gasteiger partial charge < -0.3 is 34.6 Å². The van der Waals surface area contributed by atoms with Gasteiger partial charge in [-0.05, 0) is 57.8 Å². The highest BCUT2D eigenvalue weighted by atomic mass is 31.2. The number of rotatable bonds is 47. The number of esters is 2. The van der Waals surface area contributed by atoms with E-state index in [9.17, 15) is 43.8 Å². The molecule has 0 aromatic rings. The Labute approximate surface area is 397 Å². The van der Waals surface area contributed by atoms with Crippen LogP contribution in [0.25, 0.3) is 0 Å². The third-order valence-electron chi connectivity index (χ3n) is 10.1. The molecule has 15 nitrogen and oxygen atoms in total.